The van der Waals surface area contributed by atoms with Gasteiger partial charge in [-0.15, -0.1) is 0 Å². The van der Waals surface area contributed by atoms with Gasteiger partial charge in [-0.2, -0.15) is 0 Å². The third-order valence-electron chi connectivity index (χ3n) is 4.94. The number of rotatable bonds is 6. The van der Waals surface area contributed by atoms with E-state index in [4.69, 9.17) is 24.4 Å². The van der Waals surface area contributed by atoms with Crippen LogP contribution in [-0.4, -0.2) is 137 Å². The average Bonchev–Trinajstić information content (AvgIpc) is 2.66. The molecule has 2 aliphatic heterocycles. The van der Waals surface area contributed by atoms with Gasteiger partial charge in [0.05, 0.1) is 13.2 Å². The van der Waals surface area contributed by atoms with Crippen LogP contribution in [0.3, 0.4) is 0 Å². The quantitative estimate of drug-likeness (QED) is 0.194. The molecular formula is C15H28O13. The summed E-state index contributed by atoms with van der Waals surface area (Å²) in [6, 6.07) is 0. The third-order valence-corrected chi connectivity index (χ3v) is 4.94. The summed E-state index contributed by atoms with van der Waals surface area (Å²) < 4.78 is 15.5. The maximum absolute atomic E-state index is 10.4. The Morgan fingerprint density at radius 3 is 1.93 bits per heavy atom. The molecule has 0 unspecified atom stereocenters. The molecule has 0 spiro atoms. The van der Waals surface area contributed by atoms with Gasteiger partial charge >= 0.3 is 0 Å². The standard InChI is InChI=1S/C15H28O13/c1-15(25)13(24)12(9(23)11(28-15)5(19)3-17)27-14-8(22)6(20)7(21)10(26-14)4(18)2-16/h4-14,16-25H,2-3H2,1H3/t4-,5-,6-,7-,8-,9+,10+,11+,12-,13-,14+,15-/m0/s1. The number of aliphatic hydroxyl groups excluding tert-OH is 9. The number of hydrogen-bond acceptors (Lipinski definition) is 13. The summed E-state index contributed by atoms with van der Waals surface area (Å²) >= 11 is 0. The van der Waals surface area contributed by atoms with Gasteiger partial charge in [0.25, 0.3) is 0 Å². The molecule has 12 atom stereocenters. The first-order valence-electron chi connectivity index (χ1n) is 8.65. The van der Waals surface area contributed by atoms with Crippen molar-refractivity contribution in [2.24, 2.45) is 0 Å². The molecule has 2 aliphatic rings. The fraction of sp³-hybridized carbons (Fsp3) is 1.00. The van der Waals surface area contributed by atoms with E-state index in [1.807, 2.05) is 0 Å². The Kier molecular flexibility index (Phi) is 7.72. The van der Waals surface area contributed by atoms with Crippen molar-refractivity contribution in [1.29, 1.82) is 0 Å². The highest BCUT2D eigenvalue weighted by Crippen LogP contribution is 2.34. The Balaban J connectivity index is 2.24. The maximum Gasteiger partial charge on any atom is 0.192 e. The van der Waals surface area contributed by atoms with Crippen molar-refractivity contribution in [3.05, 3.63) is 0 Å². The van der Waals surface area contributed by atoms with Crippen LogP contribution >= 0.6 is 0 Å². The zero-order valence-corrected chi connectivity index (χ0v) is 15.0. The molecule has 0 aromatic rings. The molecule has 0 saturated carbocycles. The minimum Gasteiger partial charge on any atom is -0.394 e. The molecule has 2 saturated heterocycles. The summed E-state index contributed by atoms with van der Waals surface area (Å²) in [5, 5.41) is 98.3. The highest BCUT2D eigenvalue weighted by atomic mass is 16.7. The van der Waals surface area contributed by atoms with Gasteiger partial charge in [-0.25, -0.2) is 0 Å². The van der Waals surface area contributed by atoms with Crippen molar-refractivity contribution in [2.75, 3.05) is 13.2 Å². The van der Waals surface area contributed by atoms with E-state index < -0.39 is 86.3 Å². The Morgan fingerprint density at radius 1 is 0.857 bits per heavy atom. The molecule has 0 aliphatic carbocycles. The van der Waals surface area contributed by atoms with E-state index in [-0.39, 0.29) is 0 Å². The summed E-state index contributed by atoms with van der Waals surface area (Å²) in [5.74, 6) is -2.34. The molecule has 0 aromatic carbocycles. The minimum atomic E-state index is -2.34. The van der Waals surface area contributed by atoms with E-state index in [2.05, 4.69) is 0 Å². The lowest BCUT2D eigenvalue weighted by molar-refractivity contribution is -0.387. The number of aliphatic hydroxyl groups is 10. The topological polar surface area (TPSA) is 230 Å². The molecule has 2 fully saturated rings. The Bertz CT molecular complexity index is 504. The fourth-order valence-electron chi connectivity index (χ4n) is 3.22. The second-order valence-corrected chi connectivity index (χ2v) is 7.11. The van der Waals surface area contributed by atoms with Crippen LogP contribution in [0.4, 0.5) is 0 Å². The molecule has 13 heteroatoms. The Hall–Kier alpha value is -0.520. The van der Waals surface area contributed by atoms with E-state index in [0.29, 0.717) is 0 Å². The first-order valence-corrected chi connectivity index (χ1v) is 8.65. The van der Waals surface area contributed by atoms with Crippen molar-refractivity contribution in [1.82, 2.24) is 0 Å². The molecule has 166 valence electrons. The van der Waals surface area contributed by atoms with Gasteiger partial charge in [0, 0.05) is 0 Å². The van der Waals surface area contributed by atoms with Gasteiger partial charge in [-0.1, -0.05) is 0 Å². The number of ether oxygens (including phenoxy) is 3. The Morgan fingerprint density at radius 2 is 1.39 bits per heavy atom. The van der Waals surface area contributed by atoms with E-state index in [0.717, 1.165) is 6.92 Å². The predicted octanol–water partition coefficient (Wildman–Crippen LogP) is -6.29. The van der Waals surface area contributed by atoms with Gasteiger partial charge < -0.3 is 65.3 Å². The van der Waals surface area contributed by atoms with Crippen LogP contribution in [0.5, 0.6) is 0 Å². The lowest BCUT2D eigenvalue weighted by Gasteiger charge is -2.49. The highest BCUT2D eigenvalue weighted by molar-refractivity contribution is 4.99. The fourth-order valence-corrected chi connectivity index (χ4v) is 3.22. The van der Waals surface area contributed by atoms with E-state index in [9.17, 15) is 40.9 Å². The van der Waals surface area contributed by atoms with Gasteiger partial charge in [0.2, 0.25) is 0 Å². The van der Waals surface area contributed by atoms with Crippen molar-refractivity contribution in [3.63, 3.8) is 0 Å². The van der Waals surface area contributed by atoms with Crippen molar-refractivity contribution < 1.29 is 65.3 Å². The van der Waals surface area contributed by atoms with E-state index >= 15 is 0 Å². The summed E-state index contributed by atoms with van der Waals surface area (Å²) in [6.45, 7) is -0.690. The van der Waals surface area contributed by atoms with Crippen LogP contribution in [0.1, 0.15) is 6.92 Å². The van der Waals surface area contributed by atoms with Crippen LogP contribution < -0.4 is 0 Å². The van der Waals surface area contributed by atoms with Gasteiger partial charge in [0.15, 0.2) is 12.1 Å². The number of hydrogen-bond donors (Lipinski definition) is 10. The molecule has 2 rings (SSSR count). The minimum absolute atomic E-state index is 0.848. The second kappa shape index (κ2) is 9.09. The first kappa shape index (κ1) is 23.8. The SMILES string of the molecule is C[C@]1(O)O[C@H]([C@@H](O)CO)[C@@H](O)[C@H](O[C@H]2O[C@H]([C@@H](O)CO)[C@@H](O)[C@H](O)[C@@H]2O)[C@@H]1O. The molecule has 0 amide bonds. The third kappa shape index (κ3) is 4.46. The van der Waals surface area contributed by atoms with E-state index in [1.54, 1.807) is 0 Å². The van der Waals surface area contributed by atoms with Crippen LogP contribution in [-0.2, 0) is 14.2 Å². The largest absolute Gasteiger partial charge is 0.394 e. The molecule has 0 radical (unpaired) electrons. The first-order chi connectivity index (χ1) is 13.0. The van der Waals surface area contributed by atoms with E-state index in [1.165, 1.54) is 0 Å². The van der Waals surface area contributed by atoms with Gasteiger partial charge in [0.1, 0.15) is 61.0 Å². The monoisotopic (exact) mass is 416 g/mol. The van der Waals surface area contributed by atoms with Crippen molar-refractivity contribution in [3.8, 4) is 0 Å². The van der Waals surface area contributed by atoms with Gasteiger partial charge in [-0.05, 0) is 6.92 Å². The molecule has 10 N–H and O–H groups in total. The average molecular weight is 416 g/mol. The molecule has 28 heavy (non-hydrogen) atoms. The van der Waals surface area contributed by atoms with Crippen LogP contribution in [0.15, 0.2) is 0 Å². The molecule has 2 heterocycles. The lowest BCUT2D eigenvalue weighted by Crippen LogP contribution is -2.69. The van der Waals surface area contributed by atoms with Crippen molar-refractivity contribution >= 4 is 0 Å². The summed E-state index contributed by atoms with van der Waals surface area (Å²) in [4.78, 5) is 0. The molecule has 0 bridgehead atoms. The normalized spacial score (nSPS) is 49.6. The molecular weight excluding hydrogens is 388 g/mol. The smallest absolute Gasteiger partial charge is 0.192 e. The Labute approximate surface area is 159 Å². The van der Waals surface area contributed by atoms with Crippen LogP contribution in [0, 0.1) is 0 Å². The summed E-state index contributed by atoms with van der Waals surface area (Å²) in [6.07, 6.45) is -19.4. The zero-order chi connectivity index (χ0) is 21.4. The molecule has 13 nitrogen and oxygen atoms in total. The maximum atomic E-state index is 10.4. The zero-order valence-electron chi connectivity index (χ0n) is 15.0. The highest BCUT2D eigenvalue weighted by Gasteiger charge is 2.56. The van der Waals surface area contributed by atoms with Crippen LogP contribution in [0.2, 0.25) is 0 Å². The summed E-state index contributed by atoms with van der Waals surface area (Å²) in [7, 11) is 0. The molecule has 0 aromatic heterocycles. The predicted molar refractivity (Wildman–Crippen MR) is 85.3 cm³/mol. The summed E-state index contributed by atoms with van der Waals surface area (Å²) in [5.41, 5.74) is 0. The van der Waals surface area contributed by atoms with Crippen molar-refractivity contribution in [2.45, 2.75) is 80.0 Å². The van der Waals surface area contributed by atoms with Gasteiger partial charge in [-0.3, -0.25) is 0 Å². The lowest BCUT2D eigenvalue weighted by atomic mass is 9.90. The second-order valence-electron chi connectivity index (χ2n) is 7.11. The van der Waals surface area contributed by atoms with Crippen LogP contribution in [0.25, 0.3) is 0 Å².